The first-order valence-electron chi connectivity index (χ1n) is 6.28. The van der Waals surface area contributed by atoms with Crippen LogP contribution in [0.15, 0.2) is 42.5 Å². The van der Waals surface area contributed by atoms with Crippen molar-refractivity contribution in [1.82, 2.24) is 0 Å². The Morgan fingerprint density at radius 3 is 2.47 bits per heavy atom. The summed E-state index contributed by atoms with van der Waals surface area (Å²) in [7, 11) is 0. The number of rotatable bonds is 4. The monoisotopic (exact) mass is 260 g/mol. The molecule has 3 heteroatoms. The summed E-state index contributed by atoms with van der Waals surface area (Å²) in [6.07, 6.45) is -0.827. The van der Waals surface area contributed by atoms with Gasteiger partial charge in [-0.15, -0.1) is 0 Å². The van der Waals surface area contributed by atoms with Crippen molar-refractivity contribution in [3.8, 4) is 5.75 Å². The predicted octanol–water partition coefficient (Wildman–Crippen LogP) is 3.61. The maximum atomic E-state index is 13.3. The number of halogens is 1. The predicted molar refractivity (Wildman–Crippen MR) is 72.8 cm³/mol. The van der Waals surface area contributed by atoms with E-state index in [0.29, 0.717) is 12.2 Å². The lowest BCUT2D eigenvalue weighted by atomic mass is 9.97. The molecule has 0 aromatic heterocycles. The van der Waals surface area contributed by atoms with Crippen LogP contribution >= 0.6 is 0 Å². The Labute approximate surface area is 112 Å². The highest BCUT2D eigenvalue weighted by Crippen LogP contribution is 2.26. The van der Waals surface area contributed by atoms with E-state index in [-0.39, 0.29) is 5.82 Å². The average Bonchev–Trinajstić information content (AvgIpc) is 2.42. The van der Waals surface area contributed by atoms with Gasteiger partial charge in [0.2, 0.25) is 0 Å². The van der Waals surface area contributed by atoms with Crippen molar-refractivity contribution in [2.75, 3.05) is 6.61 Å². The zero-order valence-corrected chi connectivity index (χ0v) is 11.1. The van der Waals surface area contributed by atoms with Crippen LogP contribution in [0.5, 0.6) is 5.75 Å². The first kappa shape index (κ1) is 13.6. The summed E-state index contributed by atoms with van der Waals surface area (Å²) in [5, 5.41) is 10.3. The molecular weight excluding hydrogens is 243 g/mol. The summed E-state index contributed by atoms with van der Waals surface area (Å²) in [5.41, 5.74) is 2.17. The Bertz CT molecular complexity index is 549. The number of aliphatic hydroxyl groups excluding tert-OH is 1. The molecule has 0 heterocycles. The second kappa shape index (κ2) is 5.85. The molecule has 1 atom stereocenters. The molecule has 0 aliphatic rings. The number of aryl methyl sites for hydroxylation is 1. The minimum absolute atomic E-state index is 0.342. The Balaban J connectivity index is 2.27. The van der Waals surface area contributed by atoms with Crippen LogP contribution in [0, 0.1) is 12.7 Å². The van der Waals surface area contributed by atoms with Gasteiger partial charge in [-0.25, -0.2) is 4.39 Å². The molecule has 100 valence electrons. The summed E-state index contributed by atoms with van der Waals surface area (Å²) in [4.78, 5) is 0. The molecular formula is C16H17FO2. The van der Waals surface area contributed by atoms with Gasteiger partial charge in [-0.1, -0.05) is 18.2 Å². The van der Waals surface area contributed by atoms with Gasteiger partial charge in [0, 0.05) is 0 Å². The third kappa shape index (κ3) is 3.12. The zero-order valence-electron chi connectivity index (χ0n) is 11.1. The van der Waals surface area contributed by atoms with E-state index >= 15 is 0 Å². The maximum Gasteiger partial charge on any atom is 0.123 e. The second-order valence-electron chi connectivity index (χ2n) is 4.41. The lowest BCUT2D eigenvalue weighted by molar-refractivity contribution is 0.219. The molecule has 2 aromatic rings. The highest BCUT2D eigenvalue weighted by atomic mass is 19.1. The van der Waals surface area contributed by atoms with Gasteiger partial charge in [-0.2, -0.15) is 0 Å². The topological polar surface area (TPSA) is 29.5 Å². The van der Waals surface area contributed by atoms with Crippen LogP contribution in [0.1, 0.15) is 29.7 Å². The van der Waals surface area contributed by atoms with Crippen molar-refractivity contribution in [2.24, 2.45) is 0 Å². The van der Waals surface area contributed by atoms with Crippen LogP contribution in [0.3, 0.4) is 0 Å². The third-order valence-electron chi connectivity index (χ3n) is 3.04. The first-order valence-corrected chi connectivity index (χ1v) is 6.28. The molecule has 2 nitrogen and oxygen atoms in total. The Morgan fingerprint density at radius 1 is 1.16 bits per heavy atom. The highest BCUT2D eigenvalue weighted by molar-refractivity contribution is 5.37. The molecule has 0 saturated heterocycles. The molecule has 0 radical (unpaired) electrons. The van der Waals surface area contributed by atoms with Gasteiger partial charge in [0.25, 0.3) is 0 Å². The van der Waals surface area contributed by atoms with Crippen molar-refractivity contribution in [3.05, 3.63) is 65.0 Å². The molecule has 1 N–H and O–H groups in total. The van der Waals surface area contributed by atoms with Gasteiger partial charge < -0.3 is 9.84 Å². The summed E-state index contributed by atoms with van der Waals surface area (Å²) >= 11 is 0. The molecule has 1 unspecified atom stereocenters. The van der Waals surface area contributed by atoms with Crippen molar-refractivity contribution in [1.29, 1.82) is 0 Å². The van der Waals surface area contributed by atoms with Gasteiger partial charge in [-0.3, -0.25) is 0 Å². The number of aliphatic hydroxyl groups is 1. The maximum absolute atomic E-state index is 13.3. The van der Waals surface area contributed by atoms with Crippen LogP contribution in [0.2, 0.25) is 0 Å². The molecule has 0 fully saturated rings. The third-order valence-corrected chi connectivity index (χ3v) is 3.04. The number of benzene rings is 2. The Hall–Kier alpha value is -1.87. The van der Waals surface area contributed by atoms with E-state index in [0.717, 1.165) is 16.9 Å². The van der Waals surface area contributed by atoms with Crippen molar-refractivity contribution < 1.29 is 14.2 Å². The number of hydrogen-bond donors (Lipinski definition) is 1. The quantitative estimate of drug-likeness (QED) is 0.909. The SMILES string of the molecule is CCOc1ccc(C(O)c2cc(F)ccc2C)cc1. The minimum Gasteiger partial charge on any atom is -0.494 e. The largest absolute Gasteiger partial charge is 0.494 e. The summed E-state index contributed by atoms with van der Waals surface area (Å²) < 4.78 is 18.6. The number of hydrogen-bond acceptors (Lipinski definition) is 2. The Morgan fingerprint density at radius 2 is 1.84 bits per heavy atom. The average molecular weight is 260 g/mol. The lowest BCUT2D eigenvalue weighted by Gasteiger charge is -2.15. The van der Waals surface area contributed by atoms with Crippen molar-refractivity contribution >= 4 is 0 Å². The summed E-state index contributed by atoms with van der Waals surface area (Å²) in [5.74, 6) is 0.417. The van der Waals surface area contributed by atoms with Gasteiger partial charge in [0.15, 0.2) is 0 Å². The van der Waals surface area contributed by atoms with Crippen LogP contribution in [-0.4, -0.2) is 11.7 Å². The zero-order chi connectivity index (χ0) is 13.8. The molecule has 2 aromatic carbocycles. The van der Waals surface area contributed by atoms with E-state index in [9.17, 15) is 9.50 Å². The van der Waals surface area contributed by atoms with Crippen LogP contribution in [-0.2, 0) is 0 Å². The van der Waals surface area contributed by atoms with E-state index in [1.54, 1.807) is 30.3 Å². The fraction of sp³-hybridized carbons (Fsp3) is 0.250. The molecule has 2 rings (SSSR count). The summed E-state index contributed by atoms with van der Waals surface area (Å²) in [6.45, 7) is 4.37. The van der Waals surface area contributed by atoms with Crippen molar-refractivity contribution in [2.45, 2.75) is 20.0 Å². The molecule has 0 bridgehead atoms. The highest BCUT2D eigenvalue weighted by Gasteiger charge is 2.13. The molecule has 0 saturated carbocycles. The minimum atomic E-state index is -0.827. The van der Waals surface area contributed by atoms with E-state index in [4.69, 9.17) is 4.74 Å². The summed E-state index contributed by atoms with van der Waals surface area (Å²) in [6, 6.07) is 11.6. The lowest BCUT2D eigenvalue weighted by Crippen LogP contribution is -2.03. The smallest absolute Gasteiger partial charge is 0.123 e. The van der Waals surface area contributed by atoms with E-state index in [1.165, 1.54) is 12.1 Å². The van der Waals surface area contributed by atoms with Crippen LogP contribution < -0.4 is 4.74 Å². The van der Waals surface area contributed by atoms with Crippen LogP contribution in [0.4, 0.5) is 4.39 Å². The Kier molecular flexibility index (Phi) is 4.17. The van der Waals surface area contributed by atoms with Crippen LogP contribution in [0.25, 0.3) is 0 Å². The standard InChI is InChI=1S/C16H17FO2/c1-3-19-14-8-5-12(6-9-14)16(18)15-10-13(17)7-4-11(15)2/h4-10,16,18H,3H2,1-2H3. The molecule has 0 amide bonds. The molecule has 0 spiro atoms. The molecule has 19 heavy (non-hydrogen) atoms. The first-order chi connectivity index (χ1) is 9.11. The molecule has 0 aliphatic carbocycles. The normalized spacial score (nSPS) is 12.2. The van der Waals surface area contributed by atoms with Crippen molar-refractivity contribution in [3.63, 3.8) is 0 Å². The number of ether oxygens (including phenoxy) is 1. The second-order valence-corrected chi connectivity index (χ2v) is 4.41. The van der Waals surface area contributed by atoms with E-state index in [1.807, 2.05) is 13.8 Å². The van der Waals surface area contributed by atoms with E-state index < -0.39 is 6.10 Å². The van der Waals surface area contributed by atoms with Gasteiger partial charge in [0.05, 0.1) is 6.61 Å². The van der Waals surface area contributed by atoms with Gasteiger partial charge in [-0.05, 0) is 54.8 Å². The fourth-order valence-electron chi connectivity index (χ4n) is 2.00. The van der Waals surface area contributed by atoms with Gasteiger partial charge in [0.1, 0.15) is 17.7 Å². The van der Waals surface area contributed by atoms with Gasteiger partial charge >= 0.3 is 0 Å². The fourth-order valence-corrected chi connectivity index (χ4v) is 2.00. The van der Waals surface area contributed by atoms with E-state index in [2.05, 4.69) is 0 Å². The molecule has 0 aliphatic heterocycles.